The zero-order valence-corrected chi connectivity index (χ0v) is 14.5. The number of morpholine rings is 1. The van der Waals surface area contributed by atoms with Crippen LogP contribution in [0.5, 0.6) is 0 Å². The molecule has 2 aliphatic heterocycles. The van der Waals surface area contributed by atoms with E-state index < -0.39 is 0 Å². The van der Waals surface area contributed by atoms with Crippen LogP contribution < -0.4 is 4.90 Å². The quantitative estimate of drug-likeness (QED) is 0.832. The average molecular weight is 349 g/mol. The number of fused-ring (bicyclic) bond motifs is 1. The van der Waals surface area contributed by atoms with E-state index in [1.54, 1.807) is 12.5 Å². The summed E-state index contributed by atoms with van der Waals surface area (Å²) in [4.78, 5) is 18.2. The first-order valence-electron chi connectivity index (χ1n) is 8.26. The molecular formula is C16H21ClN6O. The molecule has 0 N–H and O–H groups in total. The zero-order valence-electron chi connectivity index (χ0n) is 13.8. The third-order valence-corrected chi connectivity index (χ3v) is 5.11. The summed E-state index contributed by atoms with van der Waals surface area (Å²) in [5.41, 5.74) is 2.41. The molecule has 2 aromatic rings. The molecule has 4 heterocycles. The van der Waals surface area contributed by atoms with Crippen LogP contribution in [-0.4, -0.2) is 57.3 Å². The molecule has 0 unspecified atom stereocenters. The Bertz CT molecular complexity index is 727. The second-order valence-corrected chi connectivity index (χ2v) is 6.63. The molecule has 0 saturated carbocycles. The Morgan fingerprint density at radius 2 is 2.00 bits per heavy atom. The van der Waals surface area contributed by atoms with Crippen molar-refractivity contribution in [3.8, 4) is 0 Å². The maximum absolute atomic E-state index is 6.10. The fraction of sp³-hybridized carbons (Fsp3) is 0.562. The number of aromatic nitrogens is 4. The first-order valence-corrected chi connectivity index (χ1v) is 8.64. The van der Waals surface area contributed by atoms with Gasteiger partial charge < -0.3 is 14.2 Å². The normalized spacial score (nSPS) is 18.7. The number of halogens is 1. The topological polar surface area (TPSA) is 59.3 Å². The van der Waals surface area contributed by atoms with Gasteiger partial charge in [-0.3, -0.25) is 4.90 Å². The van der Waals surface area contributed by atoms with E-state index in [2.05, 4.69) is 24.8 Å². The van der Waals surface area contributed by atoms with Crippen LogP contribution in [0.4, 0.5) is 5.82 Å². The Hall–Kier alpha value is -1.70. The Balaban J connectivity index is 1.56. The molecule has 8 heteroatoms. The number of hydrogen-bond acceptors (Lipinski definition) is 6. The van der Waals surface area contributed by atoms with Crippen molar-refractivity contribution in [3.63, 3.8) is 0 Å². The molecule has 24 heavy (non-hydrogen) atoms. The molecule has 2 aromatic heterocycles. The highest BCUT2D eigenvalue weighted by molar-refractivity contribution is 6.29. The van der Waals surface area contributed by atoms with Crippen LogP contribution in [0.15, 0.2) is 12.5 Å². The van der Waals surface area contributed by atoms with Gasteiger partial charge >= 0.3 is 0 Å². The van der Waals surface area contributed by atoms with Gasteiger partial charge in [0.05, 0.1) is 31.6 Å². The van der Waals surface area contributed by atoms with Gasteiger partial charge in [0.25, 0.3) is 0 Å². The van der Waals surface area contributed by atoms with Crippen LogP contribution in [0.25, 0.3) is 0 Å². The Labute approximate surface area is 146 Å². The van der Waals surface area contributed by atoms with Crippen LogP contribution in [0.3, 0.4) is 0 Å². The van der Waals surface area contributed by atoms with Crippen molar-refractivity contribution in [1.82, 2.24) is 24.4 Å². The molecule has 0 spiro atoms. The summed E-state index contributed by atoms with van der Waals surface area (Å²) in [6.45, 7) is 5.88. The number of anilines is 1. The van der Waals surface area contributed by atoms with E-state index in [1.807, 2.05) is 11.6 Å². The minimum absolute atomic E-state index is 0.666. The van der Waals surface area contributed by atoms with Crippen molar-refractivity contribution in [3.05, 3.63) is 34.8 Å². The average Bonchev–Trinajstić information content (AvgIpc) is 2.94. The predicted octanol–water partition coefficient (Wildman–Crippen LogP) is 1.26. The standard InChI is InChI=1S/C16H21ClN6O/c1-21-14(17)8-18-15(21)10-22-3-2-13-12(9-22)16(20-11-19-13)23-4-6-24-7-5-23/h8,11H,2-7,9-10H2,1H3. The summed E-state index contributed by atoms with van der Waals surface area (Å²) < 4.78 is 7.39. The number of rotatable bonds is 3. The second-order valence-electron chi connectivity index (χ2n) is 6.24. The van der Waals surface area contributed by atoms with Crippen molar-refractivity contribution in [1.29, 1.82) is 0 Å². The molecule has 2 aliphatic rings. The first-order chi connectivity index (χ1) is 11.7. The van der Waals surface area contributed by atoms with E-state index in [0.29, 0.717) is 5.15 Å². The van der Waals surface area contributed by atoms with Crippen molar-refractivity contribution in [2.75, 3.05) is 37.7 Å². The first kappa shape index (κ1) is 15.8. The summed E-state index contributed by atoms with van der Waals surface area (Å²) in [7, 11) is 1.95. The van der Waals surface area contributed by atoms with Crippen LogP contribution in [0.1, 0.15) is 17.1 Å². The van der Waals surface area contributed by atoms with Crippen LogP contribution in [0, 0.1) is 0 Å². The summed E-state index contributed by atoms with van der Waals surface area (Å²) in [6, 6.07) is 0. The van der Waals surface area contributed by atoms with Gasteiger partial charge in [-0.05, 0) is 0 Å². The highest BCUT2D eigenvalue weighted by Crippen LogP contribution is 2.27. The lowest BCUT2D eigenvalue weighted by Crippen LogP contribution is -2.39. The van der Waals surface area contributed by atoms with E-state index in [1.165, 1.54) is 11.3 Å². The SMILES string of the molecule is Cn1c(Cl)cnc1CN1CCc2ncnc(N3CCOCC3)c2C1. The van der Waals surface area contributed by atoms with E-state index in [-0.39, 0.29) is 0 Å². The lowest BCUT2D eigenvalue weighted by Gasteiger charge is -2.33. The van der Waals surface area contributed by atoms with Crippen LogP contribution >= 0.6 is 11.6 Å². The van der Waals surface area contributed by atoms with Gasteiger partial charge in [0, 0.05) is 45.2 Å². The monoisotopic (exact) mass is 348 g/mol. The van der Waals surface area contributed by atoms with Crippen molar-refractivity contribution >= 4 is 17.4 Å². The second kappa shape index (κ2) is 6.66. The molecule has 0 bridgehead atoms. The summed E-state index contributed by atoms with van der Waals surface area (Å²) in [6.07, 6.45) is 4.34. The fourth-order valence-corrected chi connectivity index (χ4v) is 3.48. The fourth-order valence-electron chi connectivity index (χ4n) is 3.34. The molecule has 4 rings (SSSR count). The zero-order chi connectivity index (χ0) is 16.5. The van der Waals surface area contributed by atoms with Crippen LogP contribution in [0.2, 0.25) is 5.15 Å². The molecular weight excluding hydrogens is 328 g/mol. The maximum atomic E-state index is 6.10. The summed E-state index contributed by atoms with van der Waals surface area (Å²) in [5, 5.41) is 0.666. The molecule has 7 nitrogen and oxygen atoms in total. The predicted molar refractivity (Wildman–Crippen MR) is 91.1 cm³/mol. The van der Waals surface area contributed by atoms with Crippen molar-refractivity contribution < 1.29 is 4.74 Å². The van der Waals surface area contributed by atoms with Crippen molar-refractivity contribution in [2.45, 2.75) is 19.5 Å². The minimum Gasteiger partial charge on any atom is -0.378 e. The van der Waals surface area contributed by atoms with Crippen LogP contribution in [-0.2, 0) is 31.3 Å². The van der Waals surface area contributed by atoms with Crippen molar-refractivity contribution in [2.24, 2.45) is 7.05 Å². The summed E-state index contributed by atoms with van der Waals surface area (Å²) in [5.74, 6) is 2.04. The van der Waals surface area contributed by atoms with E-state index in [0.717, 1.165) is 64.0 Å². The van der Waals surface area contributed by atoms with E-state index in [9.17, 15) is 0 Å². The van der Waals surface area contributed by atoms with Gasteiger partial charge in [-0.1, -0.05) is 11.6 Å². The summed E-state index contributed by atoms with van der Waals surface area (Å²) >= 11 is 6.10. The molecule has 1 fully saturated rings. The third-order valence-electron chi connectivity index (χ3n) is 4.76. The van der Waals surface area contributed by atoms with Gasteiger partial charge in [-0.2, -0.15) is 0 Å². The van der Waals surface area contributed by atoms with E-state index >= 15 is 0 Å². The third kappa shape index (κ3) is 2.99. The maximum Gasteiger partial charge on any atom is 0.136 e. The Morgan fingerprint density at radius 1 is 1.17 bits per heavy atom. The highest BCUT2D eigenvalue weighted by Gasteiger charge is 2.25. The molecule has 0 atom stereocenters. The molecule has 128 valence electrons. The molecule has 1 saturated heterocycles. The van der Waals surface area contributed by atoms with Gasteiger partial charge in [0.2, 0.25) is 0 Å². The van der Waals surface area contributed by atoms with Gasteiger partial charge in [0.15, 0.2) is 0 Å². The molecule has 0 aromatic carbocycles. The number of imidazole rings is 1. The Kier molecular flexibility index (Phi) is 4.39. The highest BCUT2D eigenvalue weighted by atomic mass is 35.5. The van der Waals surface area contributed by atoms with Gasteiger partial charge in [0.1, 0.15) is 23.1 Å². The van der Waals surface area contributed by atoms with E-state index in [4.69, 9.17) is 16.3 Å². The minimum atomic E-state index is 0.666. The molecule has 0 aliphatic carbocycles. The molecule has 0 amide bonds. The van der Waals surface area contributed by atoms with Gasteiger partial charge in [-0.15, -0.1) is 0 Å². The number of nitrogens with zero attached hydrogens (tertiary/aromatic N) is 6. The smallest absolute Gasteiger partial charge is 0.136 e. The lowest BCUT2D eigenvalue weighted by molar-refractivity contribution is 0.122. The number of hydrogen-bond donors (Lipinski definition) is 0. The largest absolute Gasteiger partial charge is 0.378 e. The number of ether oxygens (including phenoxy) is 1. The lowest BCUT2D eigenvalue weighted by atomic mass is 10.1. The Morgan fingerprint density at radius 3 is 2.75 bits per heavy atom. The van der Waals surface area contributed by atoms with Gasteiger partial charge in [-0.25, -0.2) is 15.0 Å². The molecule has 0 radical (unpaired) electrons.